The molecule has 14 heteroatoms. The molecule has 0 spiro atoms. The maximum Gasteiger partial charge on any atom is 0.220 e. The predicted octanol–water partition coefficient (Wildman–Crippen LogP) is 16.2. The molecule has 530 valence electrons. The second-order valence-corrected chi connectivity index (χ2v) is 26.4. The fourth-order valence-electron chi connectivity index (χ4n) is 12.2. The number of amides is 1. The average Bonchev–Trinajstić information content (AvgIpc) is 1.15. The maximum absolute atomic E-state index is 13.3. The molecule has 2 aliphatic rings. The lowest BCUT2D eigenvalue weighted by molar-refractivity contribution is -0.359. The van der Waals surface area contributed by atoms with Gasteiger partial charge < -0.3 is 65.1 Å². The van der Waals surface area contributed by atoms with Gasteiger partial charge in [0.15, 0.2) is 12.6 Å². The van der Waals surface area contributed by atoms with E-state index in [0.29, 0.717) is 12.8 Å². The predicted molar refractivity (Wildman–Crippen MR) is 373 cm³/mol. The molecule has 1 amide bonds. The van der Waals surface area contributed by atoms with Crippen molar-refractivity contribution in [3.63, 3.8) is 0 Å². The van der Waals surface area contributed by atoms with Crippen LogP contribution in [0.5, 0.6) is 0 Å². The SMILES string of the molecule is CC/C=C\C/C=C\C/C=C\C/C=C\CCCCCCCCCCCCCCC(=O)NC(COC1OC(CO)C(OC2OC(CO)C(O)C(O)C2O)C(O)C1O)C(O)/C=C/CC/C=C/CCCCCCCCCCCCCCCCCCCCCCCCCCCC. The molecule has 2 heterocycles. The van der Waals surface area contributed by atoms with Crippen LogP contribution in [0.2, 0.25) is 0 Å². The Bertz CT molecular complexity index is 1800. The fourth-order valence-corrected chi connectivity index (χ4v) is 12.2. The fraction of sp³-hybridized carbons (Fsp3) is 0.831. The molecule has 0 aromatic rings. The minimum atomic E-state index is -1.79. The monoisotopic (exact) mass is 1290 g/mol. The first-order chi connectivity index (χ1) is 44.6. The van der Waals surface area contributed by atoms with Crippen molar-refractivity contribution in [2.75, 3.05) is 19.8 Å². The highest BCUT2D eigenvalue weighted by Crippen LogP contribution is 2.30. The number of allylic oxidation sites excluding steroid dienone is 11. The molecule has 0 radical (unpaired) electrons. The van der Waals surface area contributed by atoms with E-state index in [1.165, 1.54) is 218 Å². The van der Waals surface area contributed by atoms with Gasteiger partial charge in [-0.2, -0.15) is 0 Å². The standard InChI is InChI=1S/C77H139NO13/c1-3-5-7-9-11-13-15-17-19-21-23-25-27-29-30-31-32-33-34-35-37-38-40-42-44-46-48-50-52-54-56-58-60-66(81)65(64-88-76-74(87)72(85)75(68(63-80)90-76)91-77-73(86)71(84)70(83)67(62-79)89-77)78-69(82)61-59-57-55-53-51-49-47-45-43-41-39-36-28-26-24-22-20-18-16-14-12-10-8-6-4-2/h6,8,12,14,18,20,24,26,50,52,58,60,65-68,70-77,79-81,83-87H,3-5,7,9-11,13,15-17,19,21-23,25,27-49,51,53-57,59,61-64H2,1-2H3,(H,78,82)/b8-6-,14-12-,20-18-,26-24-,52-50+,60-58+. The molecule has 9 N–H and O–H groups in total. The number of aliphatic hydroxyl groups is 8. The number of rotatable bonds is 62. The van der Waals surface area contributed by atoms with Gasteiger partial charge in [0.1, 0.15) is 48.8 Å². The van der Waals surface area contributed by atoms with Crippen LogP contribution in [0, 0.1) is 0 Å². The first-order valence-electron chi connectivity index (χ1n) is 37.7. The quantitative estimate of drug-likeness (QED) is 0.0204. The van der Waals surface area contributed by atoms with Gasteiger partial charge in [-0.15, -0.1) is 0 Å². The second-order valence-electron chi connectivity index (χ2n) is 26.4. The van der Waals surface area contributed by atoms with Gasteiger partial charge in [0.25, 0.3) is 0 Å². The molecule has 2 fully saturated rings. The van der Waals surface area contributed by atoms with Crippen LogP contribution >= 0.6 is 0 Å². The maximum atomic E-state index is 13.3. The first-order valence-corrected chi connectivity index (χ1v) is 37.7. The van der Waals surface area contributed by atoms with Gasteiger partial charge in [0, 0.05) is 6.42 Å². The number of nitrogens with one attached hydrogen (secondary N) is 1. The summed E-state index contributed by atoms with van der Waals surface area (Å²) in [5, 5.41) is 87.5. The Kier molecular flexibility index (Phi) is 56.7. The van der Waals surface area contributed by atoms with Crippen molar-refractivity contribution in [1.29, 1.82) is 0 Å². The molecule has 0 aromatic heterocycles. The van der Waals surface area contributed by atoms with Crippen molar-refractivity contribution in [2.24, 2.45) is 0 Å². The van der Waals surface area contributed by atoms with E-state index < -0.39 is 86.8 Å². The molecule has 2 rings (SSSR count). The van der Waals surface area contributed by atoms with Crippen molar-refractivity contribution < 1.29 is 64.6 Å². The van der Waals surface area contributed by atoms with Crippen LogP contribution in [0.15, 0.2) is 72.9 Å². The summed E-state index contributed by atoms with van der Waals surface area (Å²) in [4.78, 5) is 13.3. The van der Waals surface area contributed by atoms with E-state index in [1.807, 2.05) is 6.08 Å². The van der Waals surface area contributed by atoms with Crippen LogP contribution in [0.25, 0.3) is 0 Å². The summed E-state index contributed by atoms with van der Waals surface area (Å²) in [7, 11) is 0. The van der Waals surface area contributed by atoms with Gasteiger partial charge in [-0.1, -0.05) is 311 Å². The summed E-state index contributed by atoms with van der Waals surface area (Å²) in [5.41, 5.74) is 0. The highest BCUT2D eigenvalue weighted by atomic mass is 16.7. The Morgan fingerprint density at radius 1 is 0.407 bits per heavy atom. The number of hydrogen-bond acceptors (Lipinski definition) is 13. The van der Waals surface area contributed by atoms with E-state index >= 15 is 0 Å². The molecule has 12 atom stereocenters. The summed E-state index contributed by atoms with van der Waals surface area (Å²) in [6.07, 6.45) is 66.9. The molecule has 12 unspecified atom stereocenters. The van der Waals surface area contributed by atoms with Crippen molar-refractivity contribution in [3.05, 3.63) is 72.9 Å². The second kappa shape index (κ2) is 61.1. The van der Waals surface area contributed by atoms with E-state index in [0.717, 1.165) is 64.2 Å². The van der Waals surface area contributed by atoms with Gasteiger partial charge in [0.05, 0.1) is 32.0 Å². The molecule has 0 aromatic carbocycles. The van der Waals surface area contributed by atoms with Gasteiger partial charge in [-0.25, -0.2) is 0 Å². The lowest BCUT2D eigenvalue weighted by atomic mass is 9.97. The number of aliphatic hydroxyl groups excluding tert-OH is 8. The number of hydrogen-bond donors (Lipinski definition) is 9. The zero-order valence-corrected chi connectivity index (χ0v) is 57.8. The zero-order valence-electron chi connectivity index (χ0n) is 57.8. The third-order valence-corrected chi connectivity index (χ3v) is 18.1. The van der Waals surface area contributed by atoms with E-state index in [1.54, 1.807) is 6.08 Å². The lowest BCUT2D eigenvalue weighted by Gasteiger charge is -2.46. The van der Waals surface area contributed by atoms with E-state index in [4.69, 9.17) is 18.9 Å². The molecule has 2 aliphatic heterocycles. The zero-order chi connectivity index (χ0) is 65.9. The Morgan fingerprint density at radius 2 is 0.769 bits per heavy atom. The van der Waals surface area contributed by atoms with E-state index in [2.05, 4.69) is 79.9 Å². The van der Waals surface area contributed by atoms with Crippen LogP contribution in [0.1, 0.15) is 316 Å². The Labute approximate surface area is 555 Å². The van der Waals surface area contributed by atoms with Crippen LogP contribution in [0.4, 0.5) is 0 Å². The minimum absolute atomic E-state index is 0.250. The van der Waals surface area contributed by atoms with Crippen LogP contribution in [-0.4, -0.2) is 140 Å². The first kappa shape index (κ1) is 84.5. The average molecular weight is 1290 g/mol. The number of carbonyl (C=O) groups is 1. The van der Waals surface area contributed by atoms with Gasteiger partial charge in [-0.3, -0.25) is 4.79 Å². The summed E-state index contributed by atoms with van der Waals surface area (Å²) in [6, 6.07) is -0.938. The Hall–Kier alpha value is -2.57. The number of unbranched alkanes of at least 4 members (excludes halogenated alkanes) is 39. The Balaban J connectivity index is 1.66. The summed E-state index contributed by atoms with van der Waals surface area (Å²) >= 11 is 0. The molecule has 0 bridgehead atoms. The topological polar surface area (TPSA) is 228 Å². The molecular weight excluding hydrogens is 1150 g/mol. The largest absolute Gasteiger partial charge is 0.394 e. The molecule has 14 nitrogen and oxygen atoms in total. The van der Waals surface area contributed by atoms with Crippen LogP contribution in [0.3, 0.4) is 0 Å². The van der Waals surface area contributed by atoms with Gasteiger partial charge in [0.2, 0.25) is 5.91 Å². The smallest absolute Gasteiger partial charge is 0.220 e. The highest BCUT2D eigenvalue weighted by Gasteiger charge is 2.51. The van der Waals surface area contributed by atoms with Crippen molar-refractivity contribution in [2.45, 2.75) is 389 Å². The van der Waals surface area contributed by atoms with E-state index in [9.17, 15) is 45.6 Å². The molecule has 91 heavy (non-hydrogen) atoms. The van der Waals surface area contributed by atoms with Crippen molar-refractivity contribution in [1.82, 2.24) is 5.32 Å². The lowest BCUT2D eigenvalue weighted by Crippen LogP contribution is -2.65. The highest BCUT2D eigenvalue weighted by molar-refractivity contribution is 5.76. The summed E-state index contributed by atoms with van der Waals surface area (Å²) < 4.78 is 22.9. The van der Waals surface area contributed by atoms with Crippen molar-refractivity contribution in [3.8, 4) is 0 Å². The molecular formula is C77H139NO13. The molecule has 2 saturated heterocycles. The molecule has 0 aliphatic carbocycles. The van der Waals surface area contributed by atoms with Crippen LogP contribution in [-0.2, 0) is 23.7 Å². The van der Waals surface area contributed by atoms with Gasteiger partial charge in [-0.05, 0) is 70.6 Å². The number of ether oxygens (including phenoxy) is 4. The molecule has 0 saturated carbocycles. The van der Waals surface area contributed by atoms with E-state index in [-0.39, 0.29) is 18.9 Å². The normalized spacial score (nSPS) is 23.2. The third-order valence-electron chi connectivity index (χ3n) is 18.1. The summed E-state index contributed by atoms with van der Waals surface area (Å²) in [6.45, 7) is 2.71. The number of carbonyl (C=O) groups excluding carboxylic acids is 1. The van der Waals surface area contributed by atoms with Crippen molar-refractivity contribution >= 4 is 5.91 Å². The Morgan fingerprint density at radius 3 is 1.21 bits per heavy atom. The van der Waals surface area contributed by atoms with Gasteiger partial charge >= 0.3 is 0 Å². The summed E-state index contributed by atoms with van der Waals surface area (Å²) in [5.74, 6) is -0.250. The minimum Gasteiger partial charge on any atom is -0.394 e. The third kappa shape index (κ3) is 44.7. The van der Waals surface area contributed by atoms with Crippen LogP contribution < -0.4 is 5.32 Å².